The third-order valence-corrected chi connectivity index (χ3v) is 6.56. The predicted molar refractivity (Wildman–Crippen MR) is 127 cm³/mol. The summed E-state index contributed by atoms with van der Waals surface area (Å²) < 4.78 is 6.00. The Labute approximate surface area is 194 Å². The number of esters is 1. The first kappa shape index (κ1) is 22.8. The molecule has 0 radical (unpaired) electrons. The quantitative estimate of drug-likeness (QED) is 0.703. The molecule has 3 unspecified atom stereocenters. The van der Waals surface area contributed by atoms with Crippen molar-refractivity contribution in [2.24, 2.45) is 10.9 Å². The van der Waals surface area contributed by atoms with Crippen LogP contribution in [0.5, 0.6) is 5.75 Å². The highest BCUT2D eigenvalue weighted by molar-refractivity contribution is 6.08. The fourth-order valence-electron chi connectivity index (χ4n) is 5.28. The smallest absolute Gasteiger partial charge is 0.337 e. The van der Waals surface area contributed by atoms with Gasteiger partial charge in [-0.05, 0) is 62.1 Å². The van der Waals surface area contributed by atoms with Crippen LogP contribution in [0.4, 0.5) is 0 Å². The fourth-order valence-corrected chi connectivity index (χ4v) is 5.28. The van der Waals surface area contributed by atoms with Crippen LogP contribution in [-0.2, 0) is 14.3 Å². The molecule has 6 nitrogen and oxygen atoms in total. The number of carbonyl (C=O) groups is 2. The number of phenolic OH excluding ortho intramolecular Hbond substituents is 1. The van der Waals surface area contributed by atoms with E-state index in [-0.39, 0.29) is 11.7 Å². The molecule has 2 aliphatic heterocycles. The summed E-state index contributed by atoms with van der Waals surface area (Å²) in [7, 11) is 3.38. The third-order valence-electron chi connectivity index (χ3n) is 6.56. The van der Waals surface area contributed by atoms with Crippen molar-refractivity contribution in [1.82, 2.24) is 4.90 Å². The predicted octanol–water partition coefficient (Wildman–Crippen LogP) is 4.52. The molecule has 2 aromatic rings. The Morgan fingerprint density at radius 3 is 2.36 bits per heavy atom. The van der Waals surface area contributed by atoms with Gasteiger partial charge in [-0.15, -0.1) is 0 Å². The van der Waals surface area contributed by atoms with Gasteiger partial charge in [0.05, 0.1) is 17.2 Å². The van der Waals surface area contributed by atoms with Gasteiger partial charge in [0.1, 0.15) is 11.9 Å². The number of benzene rings is 2. The molecule has 0 aliphatic carbocycles. The van der Waals surface area contributed by atoms with Crippen molar-refractivity contribution in [3.05, 3.63) is 75.5 Å². The molecule has 172 valence electrons. The Bertz CT molecular complexity index is 1190. The lowest BCUT2D eigenvalue weighted by Gasteiger charge is -2.38. The monoisotopic (exact) mass is 446 g/mol. The highest BCUT2D eigenvalue weighted by Crippen LogP contribution is 2.47. The van der Waals surface area contributed by atoms with Gasteiger partial charge in [-0.3, -0.25) is 9.79 Å². The lowest BCUT2D eigenvalue weighted by atomic mass is 9.73. The first-order valence-corrected chi connectivity index (χ1v) is 11.2. The van der Waals surface area contributed by atoms with Crippen LogP contribution in [0, 0.1) is 26.7 Å². The zero-order valence-corrected chi connectivity index (χ0v) is 20.0. The Morgan fingerprint density at radius 1 is 1.09 bits per heavy atom. The molecule has 1 N–H and O–H groups in total. The van der Waals surface area contributed by atoms with Crippen molar-refractivity contribution in [2.45, 2.75) is 46.1 Å². The summed E-state index contributed by atoms with van der Waals surface area (Å²) in [4.78, 5) is 32.9. The Hall–Kier alpha value is -3.41. The molecule has 0 aromatic heterocycles. The maximum atomic E-state index is 13.5. The van der Waals surface area contributed by atoms with Gasteiger partial charge in [0, 0.05) is 32.1 Å². The van der Waals surface area contributed by atoms with E-state index in [9.17, 15) is 14.7 Å². The molecule has 6 heteroatoms. The minimum absolute atomic E-state index is 0.0822. The van der Waals surface area contributed by atoms with Crippen LogP contribution in [0.3, 0.4) is 0 Å². The molecule has 3 atom stereocenters. The van der Waals surface area contributed by atoms with Gasteiger partial charge in [-0.2, -0.15) is 0 Å². The number of phenols is 1. The number of aryl methyl sites for hydroxylation is 3. The summed E-state index contributed by atoms with van der Waals surface area (Å²) in [5.74, 6) is -1.74. The van der Waals surface area contributed by atoms with E-state index in [0.717, 1.165) is 22.3 Å². The topological polar surface area (TPSA) is 79.2 Å². The molecule has 2 aromatic carbocycles. The summed E-state index contributed by atoms with van der Waals surface area (Å²) in [5.41, 5.74) is 6.74. The van der Waals surface area contributed by atoms with Gasteiger partial charge in [0.15, 0.2) is 0 Å². The number of ether oxygens (including phenoxy) is 1. The van der Waals surface area contributed by atoms with Crippen molar-refractivity contribution in [1.29, 1.82) is 0 Å². The number of aliphatic imine (C=N–C) groups is 1. The lowest BCUT2D eigenvalue weighted by Crippen LogP contribution is -2.42. The number of aromatic hydroxyl groups is 1. The van der Waals surface area contributed by atoms with Gasteiger partial charge >= 0.3 is 5.97 Å². The summed E-state index contributed by atoms with van der Waals surface area (Å²) in [6, 6.07) is 10.9. The van der Waals surface area contributed by atoms with Crippen LogP contribution < -0.4 is 0 Å². The number of rotatable bonds is 3. The van der Waals surface area contributed by atoms with E-state index in [1.54, 1.807) is 32.3 Å². The van der Waals surface area contributed by atoms with Gasteiger partial charge in [0.2, 0.25) is 5.91 Å². The number of nitrogens with zero attached hydrogens (tertiary/aromatic N) is 2. The highest BCUT2D eigenvalue weighted by atomic mass is 16.5. The molecule has 0 bridgehead atoms. The van der Waals surface area contributed by atoms with Gasteiger partial charge in [0.25, 0.3) is 0 Å². The number of hydrogen-bond donors (Lipinski definition) is 1. The maximum absolute atomic E-state index is 13.5. The summed E-state index contributed by atoms with van der Waals surface area (Å²) >= 11 is 0. The van der Waals surface area contributed by atoms with Crippen LogP contribution >= 0.6 is 0 Å². The minimum atomic E-state index is -0.646. The number of carbonyl (C=O) groups excluding carboxylic acids is 2. The van der Waals surface area contributed by atoms with E-state index >= 15 is 0 Å². The summed E-state index contributed by atoms with van der Waals surface area (Å²) in [6.07, 6.45) is 0.0146. The first-order valence-electron chi connectivity index (χ1n) is 11.2. The van der Waals surface area contributed by atoms with Crippen LogP contribution in [0.1, 0.15) is 53.2 Å². The summed E-state index contributed by atoms with van der Waals surface area (Å²) in [6.45, 7) is 7.95. The first-order chi connectivity index (χ1) is 15.6. The Morgan fingerprint density at radius 2 is 1.76 bits per heavy atom. The molecule has 0 fully saturated rings. The van der Waals surface area contributed by atoms with Gasteiger partial charge < -0.3 is 14.7 Å². The molecule has 2 aliphatic rings. The van der Waals surface area contributed by atoms with Crippen LogP contribution in [0.25, 0.3) is 0 Å². The largest absolute Gasteiger partial charge is 0.508 e. The molecule has 33 heavy (non-hydrogen) atoms. The zero-order chi connectivity index (χ0) is 24.0. The second-order valence-corrected chi connectivity index (χ2v) is 9.31. The highest BCUT2D eigenvalue weighted by Gasteiger charge is 2.46. The van der Waals surface area contributed by atoms with Crippen molar-refractivity contribution < 1.29 is 19.4 Å². The maximum Gasteiger partial charge on any atom is 0.337 e. The number of hydrogen-bond acceptors (Lipinski definition) is 5. The molecule has 0 saturated heterocycles. The fraction of sp³-hybridized carbons (Fsp3) is 0.370. The molecule has 0 saturated carbocycles. The van der Waals surface area contributed by atoms with Crippen LogP contribution in [0.2, 0.25) is 0 Å². The molecule has 1 amide bonds. The van der Waals surface area contributed by atoms with E-state index in [1.165, 1.54) is 4.90 Å². The average molecular weight is 447 g/mol. The minimum Gasteiger partial charge on any atom is -0.508 e. The van der Waals surface area contributed by atoms with Crippen LogP contribution in [-0.4, -0.2) is 41.7 Å². The van der Waals surface area contributed by atoms with Crippen molar-refractivity contribution >= 4 is 17.6 Å². The van der Waals surface area contributed by atoms with E-state index in [2.05, 4.69) is 12.1 Å². The van der Waals surface area contributed by atoms with Crippen molar-refractivity contribution in [3.63, 3.8) is 0 Å². The third kappa shape index (κ3) is 4.06. The lowest BCUT2D eigenvalue weighted by molar-refractivity contribution is -0.147. The van der Waals surface area contributed by atoms with E-state index < -0.39 is 23.9 Å². The Kier molecular flexibility index (Phi) is 5.87. The molecule has 4 rings (SSSR count). The summed E-state index contributed by atoms with van der Waals surface area (Å²) in [5, 5.41) is 10.1. The van der Waals surface area contributed by atoms with E-state index in [1.807, 2.05) is 33.8 Å². The van der Waals surface area contributed by atoms with Gasteiger partial charge in [-0.1, -0.05) is 29.8 Å². The standard InChI is InChI=1S/C27H30N2O4/c1-14-10-15(2)22(16(3)11-14)21-13-20-25(27(32)33-21)24(18-8-7-9-19(30)12-18)23(17(4)28-20)26(31)29(5)6/h7-12,21,23-24,30H,13H2,1-6H3. The average Bonchev–Trinajstić information content (AvgIpc) is 2.71. The molecular weight excluding hydrogens is 416 g/mol. The number of cyclic esters (lactones) is 1. The van der Waals surface area contributed by atoms with E-state index in [4.69, 9.17) is 9.73 Å². The SMILES string of the molecule is CC1=NC2=C(C(=O)OC(c3c(C)cc(C)cc3C)C2)C(c2cccc(O)c2)C1C(=O)N(C)C. The second kappa shape index (κ2) is 8.50. The van der Waals surface area contributed by atoms with E-state index in [0.29, 0.717) is 29.0 Å². The Balaban J connectivity index is 1.85. The van der Waals surface area contributed by atoms with Crippen molar-refractivity contribution in [3.8, 4) is 5.75 Å². The number of amides is 1. The van der Waals surface area contributed by atoms with Crippen LogP contribution in [0.15, 0.2) is 52.7 Å². The molecule has 2 heterocycles. The second-order valence-electron chi connectivity index (χ2n) is 9.31. The van der Waals surface area contributed by atoms with Crippen molar-refractivity contribution in [2.75, 3.05) is 14.1 Å². The normalized spacial score (nSPS) is 22.4. The zero-order valence-electron chi connectivity index (χ0n) is 20.0. The molecular formula is C27H30N2O4. The molecule has 0 spiro atoms. The van der Waals surface area contributed by atoms with Gasteiger partial charge in [-0.25, -0.2) is 4.79 Å².